The summed E-state index contributed by atoms with van der Waals surface area (Å²) in [6.07, 6.45) is 1.91. The van der Waals surface area contributed by atoms with E-state index in [1.807, 2.05) is 36.6 Å². The molecule has 0 bridgehead atoms. The summed E-state index contributed by atoms with van der Waals surface area (Å²) in [4.78, 5) is 4.11. The summed E-state index contributed by atoms with van der Waals surface area (Å²) >= 11 is 1.45. The first-order valence-electron chi connectivity index (χ1n) is 4.78. The molecule has 0 unspecified atom stereocenters. The second-order valence-corrected chi connectivity index (χ2v) is 3.79. The average molecular weight is 224 g/mol. The number of hydrogen-bond acceptors (Lipinski definition) is 3. The Morgan fingerprint density at radius 3 is 2.80 bits per heavy atom. The van der Waals surface area contributed by atoms with Crippen LogP contribution in [0.25, 0.3) is 0 Å². The molecule has 0 atom stereocenters. The molecule has 0 saturated carbocycles. The molecule has 1 rings (SSSR count). The normalized spacial score (nSPS) is 11.7. The van der Waals surface area contributed by atoms with Gasteiger partial charge in [0.25, 0.3) is 0 Å². The highest BCUT2D eigenvalue weighted by molar-refractivity contribution is 8.13. The van der Waals surface area contributed by atoms with E-state index in [4.69, 9.17) is 10.5 Å². The van der Waals surface area contributed by atoms with E-state index in [9.17, 15) is 0 Å². The molecule has 82 valence electrons. The molecule has 0 heterocycles. The minimum Gasteiger partial charge on any atom is -0.379 e. The van der Waals surface area contributed by atoms with Gasteiger partial charge in [-0.15, -0.1) is 0 Å². The zero-order chi connectivity index (χ0) is 10.9. The molecule has 3 nitrogen and oxygen atoms in total. The molecule has 0 radical (unpaired) electrons. The van der Waals surface area contributed by atoms with Crippen molar-refractivity contribution in [2.75, 3.05) is 19.4 Å². The molecule has 2 N–H and O–H groups in total. The lowest BCUT2D eigenvalue weighted by Gasteiger charge is -2.02. The lowest BCUT2D eigenvalue weighted by molar-refractivity contribution is 0.128. The van der Waals surface area contributed by atoms with Crippen molar-refractivity contribution < 1.29 is 4.74 Å². The molecule has 0 spiro atoms. The van der Waals surface area contributed by atoms with Crippen LogP contribution in [0.4, 0.5) is 0 Å². The lowest BCUT2D eigenvalue weighted by Crippen LogP contribution is -2.08. The molecule has 0 saturated heterocycles. The zero-order valence-corrected chi connectivity index (χ0v) is 9.67. The number of amidine groups is 1. The second-order valence-electron chi connectivity index (χ2n) is 2.96. The van der Waals surface area contributed by atoms with E-state index in [0.717, 1.165) is 0 Å². The van der Waals surface area contributed by atoms with Crippen LogP contribution in [-0.2, 0) is 11.3 Å². The maximum absolute atomic E-state index is 5.52. The second kappa shape index (κ2) is 7.31. The summed E-state index contributed by atoms with van der Waals surface area (Å²) in [5.41, 5.74) is 6.70. The van der Waals surface area contributed by atoms with Gasteiger partial charge in [0.15, 0.2) is 5.17 Å². The Bertz CT molecular complexity index is 301. The van der Waals surface area contributed by atoms with Gasteiger partial charge in [-0.3, -0.25) is 4.99 Å². The molecule has 0 aromatic heterocycles. The molecule has 0 amide bonds. The van der Waals surface area contributed by atoms with Gasteiger partial charge in [-0.05, 0) is 11.8 Å². The van der Waals surface area contributed by atoms with E-state index in [1.165, 1.54) is 17.3 Å². The summed E-state index contributed by atoms with van der Waals surface area (Å²) in [6, 6.07) is 10.1. The maximum Gasteiger partial charge on any atom is 0.153 e. The van der Waals surface area contributed by atoms with Gasteiger partial charge in [0.1, 0.15) is 0 Å². The third kappa shape index (κ3) is 5.44. The van der Waals surface area contributed by atoms with Crippen LogP contribution in [0.1, 0.15) is 5.56 Å². The van der Waals surface area contributed by atoms with Crippen LogP contribution in [0.5, 0.6) is 0 Å². The number of benzene rings is 1. The van der Waals surface area contributed by atoms with Crippen molar-refractivity contribution in [3.8, 4) is 0 Å². The highest BCUT2D eigenvalue weighted by atomic mass is 32.2. The van der Waals surface area contributed by atoms with Crippen LogP contribution in [0.3, 0.4) is 0 Å². The lowest BCUT2D eigenvalue weighted by atomic mass is 10.2. The number of hydrogen-bond donors (Lipinski definition) is 1. The molecule has 1 aromatic rings. The fourth-order valence-corrected chi connectivity index (χ4v) is 1.27. The molecule has 0 aliphatic rings. The standard InChI is InChI=1S/C11H16N2OS/c1-15-11(12)13-7-8-14-9-10-5-3-2-4-6-10/h2-6H,7-9H2,1H3,(H2,12,13). The van der Waals surface area contributed by atoms with E-state index >= 15 is 0 Å². The highest BCUT2D eigenvalue weighted by Crippen LogP contribution is 2.00. The highest BCUT2D eigenvalue weighted by Gasteiger charge is 1.91. The number of thioether (sulfide) groups is 1. The van der Waals surface area contributed by atoms with Crippen LogP contribution < -0.4 is 5.73 Å². The minimum absolute atomic E-state index is 0.607. The molecule has 1 aromatic carbocycles. The van der Waals surface area contributed by atoms with Gasteiger partial charge in [0, 0.05) is 0 Å². The van der Waals surface area contributed by atoms with Crippen LogP contribution >= 0.6 is 11.8 Å². The third-order valence-corrected chi connectivity index (χ3v) is 2.37. The summed E-state index contributed by atoms with van der Waals surface area (Å²) in [5, 5.41) is 0.610. The van der Waals surface area contributed by atoms with Crippen molar-refractivity contribution in [3.05, 3.63) is 35.9 Å². The van der Waals surface area contributed by atoms with Crippen LogP contribution in [0.15, 0.2) is 35.3 Å². The van der Waals surface area contributed by atoms with E-state index < -0.39 is 0 Å². The van der Waals surface area contributed by atoms with E-state index in [0.29, 0.717) is 24.9 Å². The number of rotatable bonds is 5. The van der Waals surface area contributed by atoms with Crippen molar-refractivity contribution in [2.45, 2.75) is 6.61 Å². The Morgan fingerprint density at radius 1 is 1.40 bits per heavy atom. The molecule has 0 fully saturated rings. The van der Waals surface area contributed by atoms with Crippen LogP contribution in [0, 0.1) is 0 Å². The first-order valence-corrected chi connectivity index (χ1v) is 6.01. The fourth-order valence-electron chi connectivity index (χ4n) is 1.05. The Morgan fingerprint density at radius 2 is 2.13 bits per heavy atom. The van der Waals surface area contributed by atoms with Gasteiger partial charge in [-0.1, -0.05) is 42.1 Å². The van der Waals surface area contributed by atoms with Gasteiger partial charge in [-0.25, -0.2) is 0 Å². The summed E-state index contributed by atoms with van der Waals surface area (Å²) in [6.45, 7) is 1.87. The smallest absolute Gasteiger partial charge is 0.153 e. The van der Waals surface area contributed by atoms with E-state index in [1.54, 1.807) is 0 Å². The van der Waals surface area contributed by atoms with Gasteiger partial charge >= 0.3 is 0 Å². The van der Waals surface area contributed by atoms with Crippen molar-refractivity contribution in [1.29, 1.82) is 0 Å². The van der Waals surface area contributed by atoms with Crippen molar-refractivity contribution in [1.82, 2.24) is 0 Å². The Hall–Kier alpha value is -1.00. The fraction of sp³-hybridized carbons (Fsp3) is 0.364. The molecular weight excluding hydrogens is 208 g/mol. The van der Waals surface area contributed by atoms with Crippen molar-refractivity contribution in [3.63, 3.8) is 0 Å². The van der Waals surface area contributed by atoms with Gasteiger partial charge in [0.2, 0.25) is 0 Å². The van der Waals surface area contributed by atoms with E-state index in [2.05, 4.69) is 4.99 Å². The van der Waals surface area contributed by atoms with Gasteiger partial charge in [0.05, 0.1) is 19.8 Å². The Kier molecular flexibility index (Phi) is 5.88. The summed E-state index contributed by atoms with van der Waals surface area (Å²) in [5.74, 6) is 0. The number of aliphatic imine (C=N–C) groups is 1. The Labute approximate surface area is 94.7 Å². The molecular formula is C11H16N2OS. The first-order chi connectivity index (χ1) is 7.33. The predicted molar refractivity (Wildman–Crippen MR) is 66.1 cm³/mol. The predicted octanol–water partition coefficient (Wildman–Crippen LogP) is 1.88. The molecule has 4 heteroatoms. The maximum atomic E-state index is 5.52. The van der Waals surface area contributed by atoms with Crippen LogP contribution in [-0.4, -0.2) is 24.6 Å². The van der Waals surface area contributed by atoms with Crippen molar-refractivity contribution in [2.24, 2.45) is 10.7 Å². The SMILES string of the molecule is CSC(N)=NCCOCc1ccccc1. The summed E-state index contributed by atoms with van der Waals surface area (Å²) < 4.78 is 5.44. The minimum atomic E-state index is 0.607. The number of nitrogens with zero attached hydrogens (tertiary/aromatic N) is 1. The topological polar surface area (TPSA) is 47.6 Å². The van der Waals surface area contributed by atoms with Crippen LogP contribution in [0.2, 0.25) is 0 Å². The molecule has 0 aliphatic heterocycles. The number of ether oxygens (including phenoxy) is 1. The average Bonchev–Trinajstić information content (AvgIpc) is 2.29. The summed E-state index contributed by atoms with van der Waals surface area (Å²) in [7, 11) is 0. The third-order valence-electron chi connectivity index (χ3n) is 1.82. The quantitative estimate of drug-likeness (QED) is 0.472. The molecule has 0 aliphatic carbocycles. The van der Waals surface area contributed by atoms with Gasteiger partial charge in [-0.2, -0.15) is 0 Å². The van der Waals surface area contributed by atoms with Gasteiger partial charge < -0.3 is 10.5 Å². The van der Waals surface area contributed by atoms with Crippen molar-refractivity contribution >= 4 is 16.9 Å². The molecule has 15 heavy (non-hydrogen) atoms. The monoisotopic (exact) mass is 224 g/mol. The number of nitrogens with two attached hydrogens (primary N) is 1. The largest absolute Gasteiger partial charge is 0.379 e. The zero-order valence-electron chi connectivity index (χ0n) is 8.85. The first kappa shape index (κ1) is 12.1. The van der Waals surface area contributed by atoms with E-state index in [-0.39, 0.29) is 0 Å². The Balaban J connectivity index is 2.13.